The first-order valence-corrected chi connectivity index (χ1v) is 6.33. The maximum atomic E-state index is 4.36. The summed E-state index contributed by atoms with van der Waals surface area (Å²) in [4.78, 5) is 0. The third-order valence-corrected chi connectivity index (χ3v) is 3.97. The summed E-state index contributed by atoms with van der Waals surface area (Å²) in [5, 5.41) is 8.00. The first kappa shape index (κ1) is 11.5. The normalized spacial score (nSPS) is 30.4. The summed E-state index contributed by atoms with van der Waals surface area (Å²) in [6.45, 7) is 6.81. The van der Waals surface area contributed by atoms with Gasteiger partial charge in [-0.05, 0) is 38.0 Å². The second-order valence-electron chi connectivity index (χ2n) is 5.41. The minimum absolute atomic E-state index is 0.633. The molecular formula is C13H23N3. The molecule has 3 nitrogen and oxygen atoms in total. The van der Waals surface area contributed by atoms with Crippen LogP contribution in [-0.2, 0) is 7.05 Å². The van der Waals surface area contributed by atoms with Crippen LogP contribution in [0.1, 0.15) is 38.8 Å². The van der Waals surface area contributed by atoms with Gasteiger partial charge in [0.1, 0.15) is 0 Å². The van der Waals surface area contributed by atoms with Gasteiger partial charge in [0, 0.05) is 19.3 Å². The molecule has 90 valence electrons. The van der Waals surface area contributed by atoms with E-state index in [0.717, 1.165) is 17.5 Å². The summed E-state index contributed by atoms with van der Waals surface area (Å²) in [5.74, 6) is 1.72. The van der Waals surface area contributed by atoms with Crippen molar-refractivity contribution < 1.29 is 0 Å². The summed E-state index contributed by atoms with van der Waals surface area (Å²) in [7, 11) is 1.98. The highest BCUT2D eigenvalue weighted by Gasteiger charge is 2.24. The van der Waals surface area contributed by atoms with Crippen LogP contribution in [0.15, 0.2) is 6.20 Å². The van der Waals surface area contributed by atoms with Gasteiger partial charge in [0.25, 0.3) is 0 Å². The van der Waals surface area contributed by atoms with Gasteiger partial charge in [-0.25, -0.2) is 0 Å². The van der Waals surface area contributed by atoms with Crippen LogP contribution >= 0.6 is 0 Å². The van der Waals surface area contributed by atoms with Gasteiger partial charge in [0.15, 0.2) is 0 Å². The van der Waals surface area contributed by atoms with Crippen LogP contribution in [0.4, 0.5) is 5.69 Å². The van der Waals surface area contributed by atoms with Gasteiger partial charge in [-0.1, -0.05) is 13.8 Å². The zero-order chi connectivity index (χ0) is 11.7. The summed E-state index contributed by atoms with van der Waals surface area (Å²) in [6.07, 6.45) is 6.01. The molecule has 0 spiro atoms. The Morgan fingerprint density at radius 2 is 2.06 bits per heavy atom. The summed E-state index contributed by atoms with van der Waals surface area (Å²) >= 11 is 0. The highest BCUT2D eigenvalue weighted by atomic mass is 15.3. The number of aryl methyl sites for hydroxylation is 2. The number of aromatic nitrogens is 2. The lowest BCUT2D eigenvalue weighted by atomic mass is 9.79. The summed E-state index contributed by atoms with van der Waals surface area (Å²) in [5.41, 5.74) is 2.31. The smallest absolute Gasteiger partial charge is 0.0825 e. The van der Waals surface area contributed by atoms with Crippen LogP contribution < -0.4 is 5.32 Å². The van der Waals surface area contributed by atoms with E-state index in [9.17, 15) is 0 Å². The average Bonchev–Trinajstić information content (AvgIpc) is 2.51. The maximum absolute atomic E-state index is 4.36. The van der Waals surface area contributed by atoms with Crippen molar-refractivity contribution in [3.8, 4) is 0 Å². The molecular weight excluding hydrogens is 198 g/mol. The highest BCUT2D eigenvalue weighted by Crippen LogP contribution is 2.31. The fraction of sp³-hybridized carbons (Fsp3) is 0.769. The fourth-order valence-corrected chi connectivity index (χ4v) is 2.64. The van der Waals surface area contributed by atoms with Gasteiger partial charge >= 0.3 is 0 Å². The van der Waals surface area contributed by atoms with E-state index >= 15 is 0 Å². The first-order chi connectivity index (χ1) is 7.56. The Balaban J connectivity index is 1.98. The largest absolute Gasteiger partial charge is 0.380 e. The van der Waals surface area contributed by atoms with Crippen molar-refractivity contribution in [1.82, 2.24) is 9.78 Å². The van der Waals surface area contributed by atoms with Crippen LogP contribution in [0.3, 0.4) is 0 Å². The van der Waals surface area contributed by atoms with E-state index in [1.54, 1.807) is 0 Å². The average molecular weight is 221 g/mol. The molecule has 1 N–H and O–H groups in total. The lowest BCUT2D eigenvalue weighted by molar-refractivity contribution is 0.261. The Labute approximate surface area is 98.2 Å². The van der Waals surface area contributed by atoms with Crippen molar-refractivity contribution in [2.75, 3.05) is 5.32 Å². The Bertz CT molecular complexity index is 356. The summed E-state index contributed by atoms with van der Waals surface area (Å²) in [6, 6.07) is 0.633. The zero-order valence-corrected chi connectivity index (χ0v) is 10.8. The number of anilines is 1. The van der Waals surface area contributed by atoms with E-state index in [1.165, 1.54) is 24.9 Å². The molecule has 0 saturated heterocycles. The van der Waals surface area contributed by atoms with Crippen molar-refractivity contribution in [3.63, 3.8) is 0 Å². The molecule has 1 saturated carbocycles. The standard InChI is InChI=1S/C13H23N3/c1-9-5-6-12(7-10(9)2)14-13-8-16(4)15-11(13)3/h8-10,12,14H,5-7H2,1-4H3. The van der Waals surface area contributed by atoms with E-state index < -0.39 is 0 Å². The minimum Gasteiger partial charge on any atom is -0.380 e. The zero-order valence-electron chi connectivity index (χ0n) is 10.8. The molecule has 3 unspecified atom stereocenters. The van der Waals surface area contributed by atoms with E-state index in [1.807, 2.05) is 11.7 Å². The van der Waals surface area contributed by atoms with E-state index in [4.69, 9.17) is 0 Å². The molecule has 3 atom stereocenters. The van der Waals surface area contributed by atoms with Crippen LogP contribution in [0.2, 0.25) is 0 Å². The van der Waals surface area contributed by atoms with Gasteiger partial charge in [0.2, 0.25) is 0 Å². The number of hydrogen-bond donors (Lipinski definition) is 1. The Kier molecular flexibility index (Phi) is 3.22. The SMILES string of the molecule is Cc1nn(C)cc1NC1CCC(C)C(C)C1. The fourth-order valence-electron chi connectivity index (χ4n) is 2.64. The molecule has 0 aliphatic heterocycles. The van der Waals surface area contributed by atoms with Gasteiger partial charge in [-0.15, -0.1) is 0 Å². The Hall–Kier alpha value is -0.990. The van der Waals surface area contributed by atoms with Crippen LogP contribution in [0.25, 0.3) is 0 Å². The van der Waals surface area contributed by atoms with Crippen LogP contribution in [0, 0.1) is 18.8 Å². The van der Waals surface area contributed by atoms with Crippen molar-refractivity contribution in [2.24, 2.45) is 18.9 Å². The van der Waals surface area contributed by atoms with Gasteiger partial charge in [0.05, 0.1) is 11.4 Å². The molecule has 1 heterocycles. The molecule has 1 aliphatic carbocycles. The topological polar surface area (TPSA) is 29.9 Å². The van der Waals surface area contributed by atoms with Crippen molar-refractivity contribution in [2.45, 2.75) is 46.1 Å². The van der Waals surface area contributed by atoms with Gasteiger partial charge in [-0.2, -0.15) is 5.10 Å². The predicted octanol–water partition coefficient (Wildman–Crippen LogP) is 2.97. The third kappa shape index (κ3) is 2.39. The van der Waals surface area contributed by atoms with E-state index in [-0.39, 0.29) is 0 Å². The number of nitrogens with one attached hydrogen (secondary N) is 1. The van der Waals surface area contributed by atoms with Crippen molar-refractivity contribution in [3.05, 3.63) is 11.9 Å². The number of nitrogens with zero attached hydrogens (tertiary/aromatic N) is 2. The molecule has 1 aromatic rings. The lowest BCUT2D eigenvalue weighted by Crippen LogP contribution is -2.30. The van der Waals surface area contributed by atoms with E-state index in [0.29, 0.717) is 6.04 Å². The molecule has 1 aliphatic rings. The monoisotopic (exact) mass is 221 g/mol. The molecule has 0 amide bonds. The van der Waals surface area contributed by atoms with Crippen LogP contribution in [-0.4, -0.2) is 15.8 Å². The third-order valence-electron chi connectivity index (χ3n) is 3.97. The second kappa shape index (κ2) is 4.48. The number of hydrogen-bond acceptors (Lipinski definition) is 2. The Morgan fingerprint density at radius 3 is 2.62 bits per heavy atom. The molecule has 2 rings (SSSR count). The number of rotatable bonds is 2. The van der Waals surface area contributed by atoms with Crippen molar-refractivity contribution in [1.29, 1.82) is 0 Å². The molecule has 1 fully saturated rings. The van der Waals surface area contributed by atoms with Gasteiger partial charge in [-0.3, -0.25) is 4.68 Å². The quantitative estimate of drug-likeness (QED) is 0.832. The van der Waals surface area contributed by atoms with Crippen molar-refractivity contribution >= 4 is 5.69 Å². The highest BCUT2D eigenvalue weighted by molar-refractivity contribution is 5.46. The van der Waals surface area contributed by atoms with E-state index in [2.05, 4.69) is 37.4 Å². The Morgan fingerprint density at radius 1 is 1.31 bits per heavy atom. The molecule has 0 bridgehead atoms. The minimum atomic E-state index is 0.633. The predicted molar refractivity (Wildman–Crippen MR) is 67.5 cm³/mol. The lowest BCUT2D eigenvalue weighted by Gasteiger charge is -2.32. The molecule has 1 aromatic heterocycles. The maximum Gasteiger partial charge on any atom is 0.0825 e. The van der Waals surface area contributed by atoms with Crippen LogP contribution in [0.5, 0.6) is 0 Å². The molecule has 0 radical (unpaired) electrons. The molecule has 16 heavy (non-hydrogen) atoms. The van der Waals surface area contributed by atoms with Gasteiger partial charge < -0.3 is 5.32 Å². The summed E-state index contributed by atoms with van der Waals surface area (Å²) < 4.78 is 1.88. The molecule has 3 heteroatoms. The molecule has 0 aromatic carbocycles. The second-order valence-corrected chi connectivity index (χ2v) is 5.41. The first-order valence-electron chi connectivity index (χ1n) is 6.33.